The number of thioether (sulfide) groups is 2. The lowest BCUT2D eigenvalue weighted by Crippen LogP contribution is -2.33. The Hall–Kier alpha value is -1.90. The van der Waals surface area contributed by atoms with E-state index in [9.17, 15) is 19.2 Å². The topological polar surface area (TPSA) is 98.8 Å². The van der Waals surface area contributed by atoms with Crippen LogP contribution in [0.4, 0.5) is 11.4 Å². The molecule has 208 valence electrons. The van der Waals surface area contributed by atoms with E-state index in [1.54, 1.807) is 24.3 Å². The highest BCUT2D eigenvalue weighted by molar-refractivity contribution is 8.29. The van der Waals surface area contributed by atoms with E-state index in [-0.39, 0.29) is 56.2 Å². The van der Waals surface area contributed by atoms with Gasteiger partial charge >= 0.3 is 0 Å². The summed E-state index contributed by atoms with van der Waals surface area (Å²) in [6.45, 7) is 0.00454. The summed E-state index contributed by atoms with van der Waals surface area (Å²) < 4.78 is 0.423. The van der Waals surface area contributed by atoms with Crippen molar-refractivity contribution in [3.63, 3.8) is 0 Å². The van der Waals surface area contributed by atoms with Crippen LogP contribution in [0.2, 0.25) is 20.1 Å². The number of thiocarbonyl (C=S) groups is 2. The number of nitrogens with zero attached hydrogens (tertiary/aromatic N) is 2. The second-order valence-corrected chi connectivity index (χ2v) is 13.3. The first kappa shape index (κ1) is 31.0. The molecule has 0 bridgehead atoms. The molecule has 0 radical (unpaired) electrons. The molecule has 0 aliphatic carbocycles. The SMILES string of the molecule is O=C(CCN1C(=O)C(=C2SC(=S)N(CCC(=O)Nc3cc(Cl)cc(Cl)c3)C2=O)SC1=S)Nc1cc(Cl)cc(Cl)c1. The maximum Gasteiger partial charge on any atom is 0.267 e. The minimum atomic E-state index is -0.496. The third-order valence-corrected chi connectivity index (χ3v) is 9.22. The van der Waals surface area contributed by atoms with E-state index < -0.39 is 11.8 Å². The normalized spacial score (nSPS) is 17.2. The van der Waals surface area contributed by atoms with E-state index in [0.29, 0.717) is 31.5 Å². The lowest BCUT2D eigenvalue weighted by Gasteiger charge is -2.15. The van der Waals surface area contributed by atoms with Crippen LogP contribution in [-0.4, -0.2) is 55.2 Å². The number of carbonyl (C=O) groups is 4. The van der Waals surface area contributed by atoms with Crippen molar-refractivity contribution in [1.82, 2.24) is 9.80 Å². The predicted molar refractivity (Wildman–Crippen MR) is 170 cm³/mol. The van der Waals surface area contributed by atoms with Gasteiger partial charge in [-0.2, -0.15) is 0 Å². The Morgan fingerprint density at radius 3 is 1.30 bits per heavy atom. The van der Waals surface area contributed by atoms with Crippen LogP contribution in [0.5, 0.6) is 0 Å². The molecule has 40 heavy (non-hydrogen) atoms. The van der Waals surface area contributed by atoms with Crippen LogP contribution in [0.3, 0.4) is 0 Å². The molecule has 0 atom stereocenters. The van der Waals surface area contributed by atoms with Gasteiger partial charge in [0, 0.05) is 57.4 Å². The number of benzene rings is 2. The van der Waals surface area contributed by atoms with Crippen LogP contribution in [0.25, 0.3) is 0 Å². The summed E-state index contributed by atoms with van der Waals surface area (Å²) in [4.78, 5) is 53.9. The third kappa shape index (κ3) is 7.68. The van der Waals surface area contributed by atoms with Crippen molar-refractivity contribution in [3.05, 3.63) is 66.3 Å². The van der Waals surface area contributed by atoms with E-state index in [0.717, 1.165) is 23.5 Å². The van der Waals surface area contributed by atoms with E-state index in [4.69, 9.17) is 70.8 Å². The largest absolute Gasteiger partial charge is 0.326 e. The fourth-order valence-electron chi connectivity index (χ4n) is 3.58. The fraction of sp³-hybridized carbons (Fsp3) is 0.167. The van der Waals surface area contributed by atoms with E-state index in [1.807, 2.05) is 0 Å². The van der Waals surface area contributed by atoms with Gasteiger partial charge in [-0.1, -0.05) is 94.4 Å². The standard InChI is InChI=1S/C24H16Cl4N4O4S4/c25-11-5-12(26)8-15(7-11)29-17(33)1-3-31-21(35)19(39-23(31)37)20-22(36)32(24(38)40-20)4-2-18(34)30-16-9-13(27)6-14(28)10-16/h5-10H,1-4H2,(H,29,33)(H,30,34). The van der Waals surface area contributed by atoms with Crippen molar-refractivity contribution in [2.75, 3.05) is 23.7 Å². The molecule has 2 aromatic rings. The molecular formula is C24H16Cl4N4O4S4. The van der Waals surface area contributed by atoms with E-state index in [2.05, 4.69) is 10.6 Å². The molecule has 2 fully saturated rings. The Labute approximate surface area is 268 Å². The highest BCUT2D eigenvalue weighted by atomic mass is 35.5. The number of hydrogen-bond acceptors (Lipinski definition) is 8. The monoisotopic (exact) mass is 692 g/mol. The Kier molecular flexibility index (Phi) is 10.4. The molecule has 0 spiro atoms. The van der Waals surface area contributed by atoms with Gasteiger partial charge in [0.05, 0.1) is 9.81 Å². The first-order valence-electron chi connectivity index (χ1n) is 11.2. The van der Waals surface area contributed by atoms with Gasteiger partial charge in [0.25, 0.3) is 11.8 Å². The number of anilines is 2. The Morgan fingerprint density at radius 1 is 0.650 bits per heavy atom. The molecule has 0 aromatic heterocycles. The van der Waals surface area contributed by atoms with Crippen LogP contribution >= 0.6 is 94.4 Å². The molecule has 2 heterocycles. The van der Waals surface area contributed by atoms with Crippen molar-refractivity contribution in [2.24, 2.45) is 0 Å². The number of carbonyl (C=O) groups excluding carboxylic acids is 4. The second-order valence-electron chi connectivity index (χ2n) is 8.22. The van der Waals surface area contributed by atoms with Crippen LogP contribution in [0.15, 0.2) is 46.2 Å². The zero-order chi connectivity index (χ0) is 29.1. The maximum atomic E-state index is 13.1. The van der Waals surface area contributed by atoms with E-state index in [1.165, 1.54) is 21.9 Å². The minimum Gasteiger partial charge on any atom is -0.326 e. The zero-order valence-corrected chi connectivity index (χ0v) is 26.3. The highest BCUT2D eigenvalue weighted by Crippen LogP contribution is 2.42. The Morgan fingerprint density at radius 2 is 0.975 bits per heavy atom. The molecule has 0 saturated carbocycles. The van der Waals surface area contributed by atoms with Gasteiger partial charge in [-0.3, -0.25) is 29.0 Å². The summed E-state index contributed by atoms with van der Waals surface area (Å²) >= 11 is 36.4. The van der Waals surface area contributed by atoms with Crippen molar-refractivity contribution < 1.29 is 19.2 Å². The fourth-order valence-corrected chi connectivity index (χ4v) is 7.40. The average Bonchev–Trinajstić information content (AvgIpc) is 3.28. The molecule has 0 unspecified atom stereocenters. The maximum absolute atomic E-state index is 13.1. The summed E-state index contributed by atoms with van der Waals surface area (Å²) in [5, 5.41) is 6.80. The molecule has 2 aromatic carbocycles. The summed E-state index contributed by atoms with van der Waals surface area (Å²) in [6.07, 6.45) is -0.116. The smallest absolute Gasteiger partial charge is 0.267 e. The molecular weight excluding hydrogens is 678 g/mol. The first-order valence-corrected chi connectivity index (χ1v) is 15.2. The third-order valence-electron chi connectivity index (χ3n) is 5.32. The summed E-state index contributed by atoms with van der Waals surface area (Å²) in [7, 11) is 0. The molecule has 4 amide bonds. The lowest BCUT2D eigenvalue weighted by atomic mass is 10.3. The van der Waals surface area contributed by atoms with Crippen LogP contribution < -0.4 is 10.6 Å². The number of hydrogen-bond donors (Lipinski definition) is 2. The lowest BCUT2D eigenvalue weighted by molar-refractivity contribution is -0.125. The summed E-state index contributed by atoms with van der Waals surface area (Å²) in [5.74, 6) is -1.75. The van der Waals surface area contributed by atoms with Gasteiger partial charge in [-0.25, -0.2) is 0 Å². The molecule has 4 rings (SSSR count). The molecule has 16 heteroatoms. The number of rotatable bonds is 8. The molecule has 2 aliphatic heterocycles. The van der Waals surface area contributed by atoms with Gasteiger partial charge < -0.3 is 10.6 Å². The quantitative estimate of drug-likeness (QED) is 0.236. The summed E-state index contributed by atoms with van der Waals surface area (Å²) in [5.41, 5.74) is 0.836. The predicted octanol–water partition coefficient (Wildman–Crippen LogP) is 6.59. The minimum absolute atomic E-state index is 0.00227. The van der Waals surface area contributed by atoms with Crippen LogP contribution in [0.1, 0.15) is 12.8 Å². The number of amides is 4. The average molecular weight is 694 g/mol. The number of nitrogens with one attached hydrogen (secondary N) is 2. The van der Waals surface area contributed by atoms with Gasteiger partial charge in [0.2, 0.25) is 11.8 Å². The highest BCUT2D eigenvalue weighted by Gasteiger charge is 2.42. The van der Waals surface area contributed by atoms with Crippen molar-refractivity contribution in [3.8, 4) is 0 Å². The van der Waals surface area contributed by atoms with Gasteiger partial charge in [-0.15, -0.1) is 0 Å². The Bertz CT molecular complexity index is 1350. The van der Waals surface area contributed by atoms with Crippen LogP contribution in [0, 0.1) is 0 Å². The second kappa shape index (κ2) is 13.4. The summed E-state index contributed by atoms with van der Waals surface area (Å²) in [6, 6.07) is 9.25. The van der Waals surface area contributed by atoms with Gasteiger partial charge in [0.15, 0.2) is 0 Å². The first-order chi connectivity index (χ1) is 18.9. The molecule has 8 nitrogen and oxygen atoms in total. The zero-order valence-electron chi connectivity index (χ0n) is 20.0. The molecule has 2 N–H and O–H groups in total. The number of halogens is 4. The van der Waals surface area contributed by atoms with Crippen LogP contribution in [-0.2, 0) is 19.2 Å². The van der Waals surface area contributed by atoms with Gasteiger partial charge in [0.1, 0.15) is 8.64 Å². The molecule has 2 saturated heterocycles. The van der Waals surface area contributed by atoms with Crippen molar-refractivity contribution in [1.29, 1.82) is 0 Å². The van der Waals surface area contributed by atoms with Gasteiger partial charge in [-0.05, 0) is 36.4 Å². The van der Waals surface area contributed by atoms with Crippen molar-refractivity contribution >= 4 is 138 Å². The van der Waals surface area contributed by atoms with E-state index >= 15 is 0 Å². The van der Waals surface area contributed by atoms with Crippen molar-refractivity contribution in [2.45, 2.75) is 12.8 Å². The Balaban J connectivity index is 1.35. The molecule has 2 aliphatic rings.